The van der Waals surface area contributed by atoms with Gasteiger partial charge in [0.25, 0.3) is 5.56 Å². The van der Waals surface area contributed by atoms with Crippen molar-refractivity contribution in [1.29, 1.82) is 0 Å². The molecule has 10 nitrogen and oxygen atoms in total. The minimum absolute atomic E-state index is 0.0280. The molecule has 43 heavy (non-hydrogen) atoms. The molecule has 7 rings (SSSR count). The maximum absolute atomic E-state index is 15.5. The summed E-state index contributed by atoms with van der Waals surface area (Å²) in [5, 5.41) is 1.62. The van der Waals surface area contributed by atoms with Crippen molar-refractivity contribution in [3.05, 3.63) is 93.2 Å². The molecule has 0 saturated carbocycles. The molecule has 0 aliphatic heterocycles. The van der Waals surface area contributed by atoms with Crippen molar-refractivity contribution in [2.24, 2.45) is 5.41 Å². The van der Waals surface area contributed by atoms with Crippen LogP contribution < -0.4 is 11.2 Å². The maximum Gasteiger partial charge on any atom is 0.362 e. The SMILES string of the molecule is CC(C)(C)C(=O)OCn1cnc2cc(F)c(Cn3c4cc(F)c5ccoc5c4c4c5cccnc5oc(=O)c43)cc2c1=O. The van der Waals surface area contributed by atoms with E-state index in [1.54, 1.807) is 32.9 Å². The van der Waals surface area contributed by atoms with Crippen molar-refractivity contribution < 1.29 is 27.1 Å². The van der Waals surface area contributed by atoms with Crippen LogP contribution in [0.15, 0.2) is 73.6 Å². The van der Waals surface area contributed by atoms with Crippen LogP contribution in [0.5, 0.6) is 0 Å². The van der Waals surface area contributed by atoms with Gasteiger partial charge in [-0.2, -0.15) is 0 Å². The molecule has 0 radical (unpaired) electrons. The lowest BCUT2D eigenvalue weighted by atomic mass is 9.98. The summed E-state index contributed by atoms with van der Waals surface area (Å²) in [5.74, 6) is -1.80. The molecule has 0 spiro atoms. The monoisotopic (exact) mass is 584 g/mol. The van der Waals surface area contributed by atoms with Crippen LogP contribution in [0, 0.1) is 17.0 Å². The van der Waals surface area contributed by atoms with E-state index in [0.717, 1.165) is 10.6 Å². The Kier molecular flexibility index (Phi) is 5.74. The number of furan rings is 1. The highest BCUT2D eigenvalue weighted by atomic mass is 19.1. The van der Waals surface area contributed by atoms with Crippen molar-refractivity contribution in [2.75, 3.05) is 0 Å². The van der Waals surface area contributed by atoms with Crippen LogP contribution >= 0.6 is 0 Å². The lowest BCUT2D eigenvalue weighted by Crippen LogP contribution is -2.28. The standard InChI is InChI=1S/C31H22F2N4O6/c1-31(2,3)30(40)42-14-36-13-35-21-10-19(32)15(9-18(21)28(36)38)12-37-22-11-20(33)16-6-8-41-26(16)24(22)23-17-5-4-7-34-27(17)43-29(39)25(23)37/h4-11,13H,12,14H2,1-3H3. The van der Waals surface area contributed by atoms with Crippen LogP contribution in [0.4, 0.5) is 8.78 Å². The maximum atomic E-state index is 15.5. The highest BCUT2D eigenvalue weighted by molar-refractivity contribution is 6.25. The van der Waals surface area contributed by atoms with E-state index in [-0.39, 0.29) is 57.5 Å². The third-order valence-electron chi connectivity index (χ3n) is 7.41. The van der Waals surface area contributed by atoms with E-state index >= 15 is 8.78 Å². The quantitative estimate of drug-likeness (QED) is 0.244. The van der Waals surface area contributed by atoms with Gasteiger partial charge in [0.15, 0.2) is 6.73 Å². The number of ether oxygens (including phenoxy) is 1. The number of rotatable bonds is 4. The lowest BCUT2D eigenvalue weighted by Gasteiger charge is -2.17. The molecule has 5 heterocycles. The minimum atomic E-state index is -0.777. The van der Waals surface area contributed by atoms with E-state index < -0.39 is 34.2 Å². The first-order chi connectivity index (χ1) is 20.5. The molecule has 0 unspecified atom stereocenters. The second kappa shape index (κ2) is 9.31. The average molecular weight is 585 g/mol. The Hall–Kier alpha value is -5.39. The predicted octanol–water partition coefficient (Wildman–Crippen LogP) is 5.63. The molecule has 0 aliphatic rings. The summed E-state index contributed by atoms with van der Waals surface area (Å²) in [6.07, 6.45) is 4.00. The number of carbonyl (C=O) groups excluding carboxylic acids is 1. The number of esters is 1. The van der Waals surface area contributed by atoms with Crippen LogP contribution in [0.25, 0.3) is 54.8 Å². The molecule has 0 aliphatic carbocycles. The summed E-state index contributed by atoms with van der Waals surface area (Å²) in [7, 11) is 0. The number of pyridine rings is 1. The van der Waals surface area contributed by atoms with E-state index in [0.29, 0.717) is 16.2 Å². The summed E-state index contributed by atoms with van der Waals surface area (Å²) in [4.78, 5) is 47.2. The van der Waals surface area contributed by atoms with Gasteiger partial charge in [-0.25, -0.2) is 23.5 Å². The van der Waals surface area contributed by atoms with E-state index in [1.165, 1.54) is 41.6 Å². The molecule has 216 valence electrons. The molecule has 5 aromatic heterocycles. The van der Waals surface area contributed by atoms with Gasteiger partial charge < -0.3 is 18.1 Å². The molecular formula is C31H22F2N4O6. The van der Waals surface area contributed by atoms with E-state index in [1.807, 2.05) is 0 Å². The van der Waals surface area contributed by atoms with Crippen LogP contribution in [-0.4, -0.2) is 25.1 Å². The van der Waals surface area contributed by atoms with Crippen LogP contribution in [0.3, 0.4) is 0 Å². The minimum Gasteiger partial charge on any atom is -0.463 e. The van der Waals surface area contributed by atoms with Crippen molar-refractivity contribution in [2.45, 2.75) is 34.0 Å². The largest absolute Gasteiger partial charge is 0.463 e. The van der Waals surface area contributed by atoms with Crippen molar-refractivity contribution in [3.63, 3.8) is 0 Å². The topological polar surface area (TPSA) is 122 Å². The van der Waals surface area contributed by atoms with Gasteiger partial charge in [0.1, 0.15) is 29.1 Å². The fourth-order valence-corrected chi connectivity index (χ4v) is 5.30. The first kappa shape index (κ1) is 26.5. The fourth-order valence-electron chi connectivity index (χ4n) is 5.30. The van der Waals surface area contributed by atoms with Crippen molar-refractivity contribution in [3.8, 4) is 0 Å². The Balaban J connectivity index is 1.44. The highest BCUT2D eigenvalue weighted by Crippen LogP contribution is 2.39. The first-order valence-electron chi connectivity index (χ1n) is 13.3. The molecule has 0 bridgehead atoms. The summed E-state index contributed by atoms with van der Waals surface area (Å²) < 4.78 is 49.8. The molecule has 7 aromatic rings. The zero-order valence-electron chi connectivity index (χ0n) is 23.1. The number of fused-ring (bicyclic) bond motifs is 8. The second-order valence-corrected chi connectivity index (χ2v) is 11.3. The van der Waals surface area contributed by atoms with E-state index in [2.05, 4.69) is 9.97 Å². The lowest BCUT2D eigenvalue weighted by molar-refractivity contribution is -0.157. The van der Waals surface area contributed by atoms with Gasteiger partial charge in [0, 0.05) is 28.6 Å². The van der Waals surface area contributed by atoms with Gasteiger partial charge in [-0.15, -0.1) is 0 Å². The molecule has 2 aromatic carbocycles. The number of benzene rings is 2. The molecule has 0 amide bonds. The number of aromatic nitrogens is 4. The summed E-state index contributed by atoms with van der Waals surface area (Å²) in [6.45, 7) is 4.41. The number of hydrogen-bond acceptors (Lipinski definition) is 8. The third kappa shape index (κ3) is 4.09. The summed E-state index contributed by atoms with van der Waals surface area (Å²) >= 11 is 0. The molecular weight excluding hydrogens is 562 g/mol. The number of halogens is 2. The zero-order valence-corrected chi connectivity index (χ0v) is 23.1. The zero-order chi connectivity index (χ0) is 30.2. The van der Waals surface area contributed by atoms with Gasteiger partial charge in [0.05, 0.1) is 45.4 Å². The number of hydrogen-bond donors (Lipinski definition) is 0. The van der Waals surface area contributed by atoms with Gasteiger partial charge >= 0.3 is 11.6 Å². The normalized spacial score (nSPS) is 12.3. The Bertz CT molecular complexity index is 2410. The number of carbonyl (C=O) groups is 1. The van der Waals surface area contributed by atoms with Crippen LogP contribution in [0.2, 0.25) is 0 Å². The number of nitrogens with zero attached hydrogens (tertiary/aromatic N) is 4. The van der Waals surface area contributed by atoms with Crippen LogP contribution in [-0.2, 0) is 22.8 Å². The van der Waals surface area contributed by atoms with Crippen LogP contribution in [0.1, 0.15) is 26.3 Å². The molecule has 0 fully saturated rings. The molecule has 0 N–H and O–H groups in total. The smallest absolute Gasteiger partial charge is 0.362 e. The Morgan fingerprint density at radius 2 is 1.81 bits per heavy atom. The van der Waals surface area contributed by atoms with Gasteiger partial charge in [-0.05, 0) is 51.1 Å². The van der Waals surface area contributed by atoms with E-state index in [9.17, 15) is 14.4 Å². The summed E-state index contributed by atoms with van der Waals surface area (Å²) in [6, 6.07) is 8.56. The first-order valence-corrected chi connectivity index (χ1v) is 13.3. The second-order valence-electron chi connectivity index (χ2n) is 11.3. The molecule has 12 heteroatoms. The average Bonchev–Trinajstić information content (AvgIpc) is 3.57. The van der Waals surface area contributed by atoms with Gasteiger partial charge in [0.2, 0.25) is 5.71 Å². The molecule has 0 saturated heterocycles. The predicted molar refractivity (Wildman–Crippen MR) is 154 cm³/mol. The molecule has 0 atom stereocenters. The summed E-state index contributed by atoms with van der Waals surface area (Å²) in [5.41, 5.74) is -1.37. The Morgan fingerprint density at radius 1 is 1.00 bits per heavy atom. The Labute approximate surface area is 239 Å². The highest BCUT2D eigenvalue weighted by Gasteiger charge is 2.25. The fraction of sp³-hybridized carbons (Fsp3) is 0.194. The van der Waals surface area contributed by atoms with Crippen molar-refractivity contribution in [1.82, 2.24) is 19.1 Å². The third-order valence-corrected chi connectivity index (χ3v) is 7.41. The van der Waals surface area contributed by atoms with E-state index in [4.69, 9.17) is 13.6 Å². The van der Waals surface area contributed by atoms with Crippen molar-refractivity contribution >= 4 is 60.7 Å². The van der Waals surface area contributed by atoms with Gasteiger partial charge in [-0.1, -0.05) is 0 Å². The Morgan fingerprint density at radius 3 is 2.60 bits per heavy atom. The van der Waals surface area contributed by atoms with Gasteiger partial charge in [-0.3, -0.25) is 14.2 Å².